The summed E-state index contributed by atoms with van der Waals surface area (Å²) in [4.78, 5) is 17.3. The van der Waals surface area contributed by atoms with Crippen molar-refractivity contribution in [3.63, 3.8) is 0 Å². The fraction of sp³-hybridized carbons (Fsp3) is 0. The summed E-state index contributed by atoms with van der Waals surface area (Å²) in [5.41, 5.74) is 0. The fourth-order valence-electron chi connectivity index (χ4n) is 1.46. The summed E-state index contributed by atoms with van der Waals surface area (Å²) in [6, 6.07) is 11.6. The van der Waals surface area contributed by atoms with Crippen LogP contribution in [0.1, 0.15) is 0 Å². The smallest absolute Gasteiger partial charge is 0.122 e. The molecule has 0 saturated carbocycles. The van der Waals surface area contributed by atoms with E-state index in [2.05, 4.69) is 19.9 Å². The van der Waals surface area contributed by atoms with E-state index in [1.165, 1.54) is 23.5 Å². The van der Waals surface area contributed by atoms with Gasteiger partial charge in [-0.3, -0.25) is 4.98 Å². The lowest BCUT2D eigenvalue weighted by Crippen LogP contribution is -1.88. The maximum atomic E-state index is 4.55. The topological polar surface area (TPSA) is 51.6 Å². The second-order valence-corrected chi connectivity index (χ2v) is 5.82. The highest BCUT2D eigenvalue weighted by molar-refractivity contribution is 7.99. The zero-order valence-corrected chi connectivity index (χ0v) is 12.0. The van der Waals surface area contributed by atoms with Crippen molar-refractivity contribution in [2.24, 2.45) is 0 Å². The van der Waals surface area contributed by atoms with Crippen molar-refractivity contribution in [2.75, 3.05) is 0 Å². The first-order valence-electron chi connectivity index (χ1n) is 5.90. The maximum absolute atomic E-state index is 4.55. The lowest BCUT2D eigenvalue weighted by molar-refractivity contribution is 0.938. The minimum absolute atomic E-state index is 0.824. The summed E-state index contributed by atoms with van der Waals surface area (Å²) in [6.07, 6.45) is 7.01. The van der Waals surface area contributed by atoms with Crippen molar-refractivity contribution < 1.29 is 0 Å². The SMILES string of the molecule is c1ccc(Sc2cncc(Sc3ccccn3)n2)nc1. The highest BCUT2D eigenvalue weighted by atomic mass is 32.2. The van der Waals surface area contributed by atoms with Crippen LogP contribution in [-0.4, -0.2) is 19.9 Å². The number of rotatable bonds is 4. The third-order valence-corrected chi connectivity index (χ3v) is 4.00. The number of hydrogen-bond acceptors (Lipinski definition) is 6. The van der Waals surface area contributed by atoms with Crippen molar-refractivity contribution >= 4 is 23.5 Å². The van der Waals surface area contributed by atoms with Crippen LogP contribution in [0, 0.1) is 0 Å². The quantitative estimate of drug-likeness (QED) is 0.734. The molecule has 6 heteroatoms. The van der Waals surface area contributed by atoms with E-state index in [0.29, 0.717) is 0 Å². The second kappa shape index (κ2) is 6.49. The molecule has 3 heterocycles. The normalized spacial score (nSPS) is 10.4. The van der Waals surface area contributed by atoms with E-state index < -0.39 is 0 Å². The van der Waals surface area contributed by atoms with Gasteiger partial charge in [-0.2, -0.15) is 0 Å². The van der Waals surface area contributed by atoms with Gasteiger partial charge in [0.25, 0.3) is 0 Å². The molecule has 3 rings (SSSR count). The van der Waals surface area contributed by atoms with E-state index in [-0.39, 0.29) is 0 Å². The molecule has 0 N–H and O–H groups in total. The molecule has 0 atom stereocenters. The van der Waals surface area contributed by atoms with Crippen LogP contribution in [0.4, 0.5) is 0 Å². The maximum Gasteiger partial charge on any atom is 0.122 e. The van der Waals surface area contributed by atoms with Crippen molar-refractivity contribution in [3.05, 3.63) is 61.2 Å². The Balaban J connectivity index is 1.76. The van der Waals surface area contributed by atoms with Gasteiger partial charge in [-0.05, 0) is 47.8 Å². The molecule has 0 fully saturated rings. The van der Waals surface area contributed by atoms with Crippen LogP contribution in [0.3, 0.4) is 0 Å². The summed E-state index contributed by atoms with van der Waals surface area (Å²) in [6.45, 7) is 0. The molecule has 0 aliphatic carbocycles. The largest absolute Gasteiger partial charge is 0.259 e. The van der Waals surface area contributed by atoms with Gasteiger partial charge in [0.05, 0.1) is 12.4 Å². The molecular formula is C14H10N4S2. The lowest BCUT2D eigenvalue weighted by Gasteiger charge is -2.02. The van der Waals surface area contributed by atoms with E-state index in [9.17, 15) is 0 Å². The van der Waals surface area contributed by atoms with Crippen LogP contribution in [0.5, 0.6) is 0 Å². The fourth-order valence-corrected chi connectivity index (χ4v) is 2.98. The highest BCUT2D eigenvalue weighted by Crippen LogP contribution is 2.27. The summed E-state index contributed by atoms with van der Waals surface area (Å²) in [7, 11) is 0. The number of aromatic nitrogens is 4. The molecule has 20 heavy (non-hydrogen) atoms. The second-order valence-electron chi connectivity index (χ2n) is 3.74. The average molecular weight is 298 g/mol. The Kier molecular flexibility index (Phi) is 4.25. The molecule has 0 unspecified atom stereocenters. The van der Waals surface area contributed by atoms with Gasteiger partial charge in [-0.1, -0.05) is 12.1 Å². The molecule has 3 aromatic rings. The Labute approximate surface area is 125 Å². The molecule has 0 radical (unpaired) electrons. The molecule has 0 aromatic carbocycles. The van der Waals surface area contributed by atoms with E-state index >= 15 is 0 Å². The van der Waals surface area contributed by atoms with E-state index in [1.54, 1.807) is 24.8 Å². The Morgan fingerprint density at radius 2 is 1.20 bits per heavy atom. The molecular weight excluding hydrogens is 288 g/mol. The summed E-state index contributed by atoms with van der Waals surface area (Å²) < 4.78 is 0. The number of pyridine rings is 2. The van der Waals surface area contributed by atoms with Gasteiger partial charge in [0.1, 0.15) is 20.1 Å². The van der Waals surface area contributed by atoms with Gasteiger partial charge < -0.3 is 0 Å². The van der Waals surface area contributed by atoms with E-state index in [0.717, 1.165) is 20.1 Å². The number of hydrogen-bond donors (Lipinski definition) is 0. The Hall–Kier alpha value is -1.92. The van der Waals surface area contributed by atoms with Crippen molar-refractivity contribution in [1.82, 2.24) is 19.9 Å². The van der Waals surface area contributed by atoms with Gasteiger partial charge in [0, 0.05) is 12.4 Å². The van der Waals surface area contributed by atoms with Crippen molar-refractivity contribution in [1.29, 1.82) is 0 Å². The highest BCUT2D eigenvalue weighted by Gasteiger charge is 2.04. The summed E-state index contributed by atoms with van der Waals surface area (Å²) in [5, 5.41) is 3.46. The monoisotopic (exact) mass is 298 g/mol. The molecule has 98 valence electrons. The molecule has 0 saturated heterocycles. The predicted octanol–water partition coefficient (Wildman–Crippen LogP) is 3.57. The molecule has 0 bridgehead atoms. The van der Waals surface area contributed by atoms with Crippen LogP contribution in [0.2, 0.25) is 0 Å². The van der Waals surface area contributed by atoms with Crippen LogP contribution in [0.25, 0.3) is 0 Å². The Morgan fingerprint density at radius 1 is 0.650 bits per heavy atom. The predicted molar refractivity (Wildman–Crippen MR) is 78.8 cm³/mol. The Morgan fingerprint density at radius 3 is 1.65 bits per heavy atom. The lowest BCUT2D eigenvalue weighted by atomic mass is 10.5. The van der Waals surface area contributed by atoms with Crippen LogP contribution in [0.15, 0.2) is 81.3 Å². The van der Waals surface area contributed by atoms with E-state index in [4.69, 9.17) is 0 Å². The zero-order chi connectivity index (χ0) is 13.6. The number of nitrogens with zero attached hydrogens (tertiary/aromatic N) is 4. The zero-order valence-electron chi connectivity index (χ0n) is 10.4. The molecule has 0 aliphatic rings. The van der Waals surface area contributed by atoms with Crippen molar-refractivity contribution in [2.45, 2.75) is 20.1 Å². The molecule has 0 amide bonds. The van der Waals surface area contributed by atoms with Gasteiger partial charge >= 0.3 is 0 Å². The van der Waals surface area contributed by atoms with Crippen LogP contribution < -0.4 is 0 Å². The minimum Gasteiger partial charge on any atom is -0.259 e. The first kappa shape index (κ1) is 13.1. The molecule has 0 spiro atoms. The first-order chi connectivity index (χ1) is 9.90. The average Bonchev–Trinajstić information content (AvgIpc) is 2.50. The van der Waals surface area contributed by atoms with Gasteiger partial charge in [0.2, 0.25) is 0 Å². The van der Waals surface area contributed by atoms with Gasteiger partial charge in [0.15, 0.2) is 0 Å². The van der Waals surface area contributed by atoms with Crippen molar-refractivity contribution in [3.8, 4) is 0 Å². The first-order valence-corrected chi connectivity index (χ1v) is 7.53. The third-order valence-electron chi connectivity index (χ3n) is 2.28. The summed E-state index contributed by atoms with van der Waals surface area (Å²) >= 11 is 2.99. The Bertz CT molecular complexity index is 620. The molecule has 4 nitrogen and oxygen atoms in total. The molecule has 0 aliphatic heterocycles. The third kappa shape index (κ3) is 3.55. The summed E-state index contributed by atoms with van der Waals surface area (Å²) in [5.74, 6) is 0. The minimum atomic E-state index is 0.824. The van der Waals surface area contributed by atoms with Crippen LogP contribution in [-0.2, 0) is 0 Å². The van der Waals surface area contributed by atoms with Gasteiger partial charge in [-0.15, -0.1) is 0 Å². The van der Waals surface area contributed by atoms with Crippen LogP contribution >= 0.6 is 23.5 Å². The standard InChI is InChI=1S/C14H10N4S2/c1-3-7-16-11(5-1)19-13-9-15-10-14(18-13)20-12-6-2-4-8-17-12/h1-10H. The van der Waals surface area contributed by atoms with Gasteiger partial charge in [-0.25, -0.2) is 15.0 Å². The molecule has 3 aromatic heterocycles. The van der Waals surface area contributed by atoms with E-state index in [1.807, 2.05) is 36.4 Å².